The van der Waals surface area contributed by atoms with Gasteiger partial charge in [-0.25, -0.2) is 18.4 Å². The Hall–Kier alpha value is -2.03. The van der Waals surface area contributed by atoms with E-state index in [9.17, 15) is 13.2 Å². The highest BCUT2D eigenvalue weighted by molar-refractivity contribution is 7.89. The van der Waals surface area contributed by atoms with E-state index in [1.807, 2.05) is 0 Å². The van der Waals surface area contributed by atoms with Crippen molar-refractivity contribution in [3.05, 3.63) is 53.5 Å². The van der Waals surface area contributed by atoms with Crippen molar-refractivity contribution in [2.24, 2.45) is 5.14 Å². The quantitative estimate of drug-likeness (QED) is 0.768. The molecule has 2 aromatic rings. The first-order valence-corrected chi connectivity index (χ1v) is 8.36. The van der Waals surface area contributed by atoms with Gasteiger partial charge in [-0.05, 0) is 31.2 Å². The highest BCUT2D eigenvalue weighted by Crippen LogP contribution is 2.29. The van der Waals surface area contributed by atoms with Crippen LogP contribution in [0.3, 0.4) is 0 Å². The Morgan fingerprint density at radius 1 is 1.48 bits per heavy atom. The summed E-state index contributed by atoms with van der Waals surface area (Å²) in [6.07, 6.45) is 1.51. The third kappa shape index (κ3) is 4.25. The van der Waals surface area contributed by atoms with Gasteiger partial charge in [0.2, 0.25) is 10.0 Å². The van der Waals surface area contributed by atoms with E-state index in [2.05, 4.69) is 5.32 Å². The molecule has 1 aromatic heterocycles. The first kappa shape index (κ1) is 17.3. The van der Waals surface area contributed by atoms with Crippen molar-refractivity contribution in [3.8, 4) is 0 Å². The van der Waals surface area contributed by atoms with Gasteiger partial charge in [0.05, 0.1) is 29.1 Å². The molecular weight excluding hydrogens is 344 g/mol. The molecule has 9 heteroatoms. The van der Waals surface area contributed by atoms with Crippen molar-refractivity contribution in [3.63, 3.8) is 0 Å². The minimum atomic E-state index is -4.08. The van der Waals surface area contributed by atoms with E-state index in [1.54, 1.807) is 12.1 Å². The molecule has 0 aliphatic carbocycles. The molecule has 0 fully saturated rings. The second kappa shape index (κ2) is 7.03. The molecule has 0 atom stereocenters. The van der Waals surface area contributed by atoms with Crippen LogP contribution in [0, 0.1) is 6.61 Å². The number of furan rings is 1. The van der Waals surface area contributed by atoms with E-state index in [0.29, 0.717) is 11.4 Å². The lowest BCUT2D eigenvalue weighted by Crippen LogP contribution is -2.16. The maximum absolute atomic E-state index is 12.0. The molecule has 0 amide bonds. The van der Waals surface area contributed by atoms with Crippen LogP contribution >= 0.6 is 11.6 Å². The molecule has 3 N–H and O–H groups in total. The first-order valence-electron chi connectivity index (χ1n) is 6.44. The Morgan fingerprint density at radius 2 is 2.22 bits per heavy atom. The van der Waals surface area contributed by atoms with Gasteiger partial charge >= 0.3 is 5.97 Å². The van der Waals surface area contributed by atoms with Gasteiger partial charge in [0.15, 0.2) is 0 Å². The van der Waals surface area contributed by atoms with E-state index in [0.717, 1.165) is 6.07 Å². The van der Waals surface area contributed by atoms with Gasteiger partial charge in [-0.1, -0.05) is 11.6 Å². The summed E-state index contributed by atoms with van der Waals surface area (Å²) in [5.74, 6) is -0.117. The molecular formula is C14H14ClN2O5S. The predicted molar refractivity (Wildman–Crippen MR) is 84.2 cm³/mol. The monoisotopic (exact) mass is 357 g/mol. The van der Waals surface area contributed by atoms with Crippen LogP contribution in [0.1, 0.15) is 23.0 Å². The normalized spacial score (nSPS) is 11.3. The number of sulfonamides is 1. The lowest BCUT2D eigenvalue weighted by Gasteiger charge is -2.13. The summed E-state index contributed by atoms with van der Waals surface area (Å²) in [5, 5.41) is 7.94. The molecule has 0 aliphatic heterocycles. The fourth-order valence-corrected chi connectivity index (χ4v) is 2.95. The van der Waals surface area contributed by atoms with Crippen LogP contribution in [-0.2, 0) is 21.3 Å². The van der Waals surface area contributed by atoms with Crippen molar-refractivity contribution in [2.45, 2.75) is 18.4 Å². The van der Waals surface area contributed by atoms with Gasteiger partial charge in [0, 0.05) is 0 Å². The molecule has 0 spiro atoms. The highest BCUT2D eigenvalue weighted by Gasteiger charge is 2.21. The second-order valence-corrected chi connectivity index (χ2v) is 6.38. The number of carbonyl (C=O) groups excluding carboxylic acids is 1. The molecule has 23 heavy (non-hydrogen) atoms. The number of nitrogens with one attached hydrogen (secondary N) is 1. The zero-order valence-electron chi connectivity index (χ0n) is 12.1. The number of nitrogens with two attached hydrogens (primary N) is 1. The van der Waals surface area contributed by atoms with Crippen molar-refractivity contribution >= 4 is 33.3 Å². The molecule has 7 nitrogen and oxygen atoms in total. The number of carbonyl (C=O) groups is 1. The van der Waals surface area contributed by atoms with Crippen LogP contribution in [0.5, 0.6) is 0 Å². The number of primary sulfonamides is 1. The lowest BCUT2D eigenvalue weighted by atomic mass is 10.1. The number of benzene rings is 1. The maximum Gasteiger partial charge on any atom is 0.340 e. The topological polar surface area (TPSA) is 112 Å². The van der Waals surface area contributed by atoms with Crippen LogP contribution in [0.15, 0.2) is 39.8 Å². The van der Waals surface area contributed by atoms with E-state index >= 15 is 0 Å². The number of hydrogen-bond acceptors (Lipinski definition) is 6. The van der Waals surface area contributed by atoms with E-state index in [1.165, 1.54) is 25.9 Å². The Kier molecular flexibility index (Phi) is 5.30. The number of esters is 1. The Labute approximate surface area is 138 Å². The lowest BCUT2D eigenvalue weighted by molar-refractivity contribution is 0.0613. The van der Waals surface area contributed by atoms with Crippen LogP contribution in [0.2, 0.25) is 5.02 Å². The van der Waals surface area contributed by atoms with Crippen molar-refractivity contribution in [2.75, 3.05) is 5.32 Å². The van der Waals surface area contributed by atoms with Crippen LogP contribution in [0.4, 0.5) is 5.69 Å². The highest BCUT2D eigenvalue weighted by atomic mass is 35.5. The minimum Gasteiger partial charge on any atom is -0.467 e. The fraction of sp³-hybridized carbons (Fsp3) is 0.143. The average Bonchev–Trinajstić information content (AvgIpc) is 2.97. The Morgan fingerprint density at radius 3 is 2.78 bits per heavy atom. The number of ether oxygens (including phenoxy) is 1. The standard InChI is InChI=1S/C14H14ClN2O5S/c1-2-21-14(18)10-6-13(23(16,19)20)11(15)7-12(10)17-8-9-4-3-5-22-9/h2-7,17H,8H2,1H3,(H2,16,19,20). The minimum absolute atomic E-state index is 0.0110. The summed E-state index contributed by atoms with van der Waals surface area (Å²) in [6, 6.07) is 5.84. The molecule has 123 valence electrons. The summed E-state index contributed by atoms with van der Waals surface area (Å²) in [4.78, 5) is 11.7. The third-order valence-corrected chi connectivity index (χ3v) is 4.23. The Balaban J connectivity index is 2.42. The summed E-state index contributed by atoms with van der Waals surface area (Å²) in [7, 11) is -4.08. The molecule has 0 bridgehead atoms. The second-order valence-electron chi connectivity index (χ2n) is 4.45. The average molecular weight is 358 g/mol. The zero-order chi connectivity index (χ0) is 17.0. The van der Waals surface area contributed by atoms with Gasteiger partial charge in [0.1, 0.15) is 17.3 Å². The largest absolute Gasteiger partial charge is 0.467 e. The summed E-state index contributed by atoms with van der Waals surface area (Å²) in [6.45, 7) is 2.97. The number of anilines is 1. The summed E-state index contributed by atoms with van der Waals surface area (Å²) in [5.41, 5.74) is 0.286. The SMILES string of the molecule is C[CH]OC(=O)c1cc(S(N)(=O)=O)c(Cl)cc1NCc1ccco1. The molecule has 1 heterocycles. The molecule has 2 rings (SSSR count). The molecule has 0 saturated carbocycles. The van der Waals surface area contributed by atoms with Crippen molar-refractivity contribution in [1.82, 2.24) is 0 Å². The van der Waals surface area contributed by atoms with Crippen LogP contribution in [-0.4, -0.2) is 14.4 Å². The van der Waals surface area contributed by atoms with Gasteiger partial charge < -0.3 is 14.5 Å². The van der Waals surface area contributed by atoms with E-state index in [-0.39, 0.29) is 22.0 Å². The van der Waals surface area contributed by atoms with Crippen molar-refractivity contribution < 1.29 is 22.4 Å². The maximum atomic E-state index is 12.0. The number of rotatable bonds is 6. The van der Waals surface area contributed by atoms with Gasteiger partial charge in [0.25, 0.3) is 0 Å². The number of hydrogen-bond donors (Lipinski definition) is 2. The summed E-state index contributed by atoms with van der Waals surface area (Å²) >= 11 is 5.95. The molecule has 0 aliphatic rings. The molecule has 0 unspecified atom stereocenters. The van der Waals surface area contributed by atoms with Gasteiger partial charge in [-0.2, -0.15) is 0 Å². The van der Waals surface area contributed by atoms with Gasteiger partial charge in [-0.15, -0.1) is 0 Å². The molecule has 1 radical (unpaired) electrons. The smallest absolute Gasteiger partial charge is 0.340 e. The van der Waals surface area contributed by atoms with Crippen LogP contribution < -0.4 is 10.5 Å². The third-order valence-electron chi connectivity index (χ3n) is 2.86. The fourth-order valence-electron chi connectivity index (χ4n) is 1.85. The van der Waals surface area contributed by atoms with Gasteiger partial charge in [-0.3, -0.25) is 0 Å². The summed E-state index contributed by atoms with van der Waals surface area (Å²) < 4.78 is 33.1. The van der Waals surface area contributed by atoms with Crippen molar-refractivity contribution in [1.29, 1.82) is 0 Å². The predicted octanol–water partition coefficient (Wildman–Crippen LogP) is 2.53. The molecule has 0 saturated heterocycles. The van der Waals surface area contributed by atoms with E-state index in [4.69, 9.17) is 25.9 Å². The Bertz CT molecular complexity index is 803. The first-order chi connectivity index (χ1) is 10.8. The molecule has 1 aromatic carbocycles. The van der Waals surface area contributed by atoms with Crippen LogP contribution in [0.25, 0.3) is 0 Å². The van der Waals surface area contributed by atoms with E-state index < -0.39 is 16.0 Å². The number of halogens is 1. The zero-order valence-corrected chi connectivity index (χ0v) is 13.6.